The molecule has 5 heteroatoms. The van der Waals surface area contributed by atoms with Crippen molar-refractivity contribution in [3.63, 3.8) is 0 Å². The zero-order valence-electron chi connectivity index (χ0n) is 20.5. The Balaban J connectivity index is 1.42. The van der Waals surface area contributed by atoms with Crippen LogP contribution < -0.4 is 5.32 Å². The molecule has 1 saturated carbocycles. The maximum Gasteiger partial charge on any atom is 0.150 e. The molecule has 5 nitrogen and oxygen atoms in total. The average molecular weight is 457 g/mol. The summed E-state index contributed by atoms with van der Waals surface area (Å²) in [4.78, 5) is 23.5. The summed E-state index contributed by atoms with van der Waals surface area (Å²) in [5.41, 5.74) is 8.75. The van der Waals surface area contributed by atoms with E-state index < -0.39 is 0 Å². The van der Waals surface area contributed by atoms with Crippen molar-refractivity contribution in [3.05, 3.63) is 52.8 Å². The summed E-state index contributed by atoms with van der Waals surface area (Å²) >= 11 is 0. The van der Waals surface area contributed by atoms with Crippen molar-refractivity contribution < 1.29 is 4.79 Å². The SMILES string of the molecule is CC(=O)C1(N2CCc3cc(-c4cnc5[nH]cc(C)c5c4)cc(C4CCCN4)c3C2)CCCCC1. The first kappa shape index (κ1) is 22.0. The molecule has 0 amide bonds. The minimum absolute atomic E-state index is 0.254. The van der Waals surface area contributed by atoms with Gasteiger partial charge in [-0.05, 0) is 92.4 Å². The second-order valence-corrected chi connectivity index (χ2v) is 10.8. The topological polar surface area (TPSA) is 61.0 Å². The van der Waals surface area contributed by atoms with Crippen LogP contribution >= 0.6 is 0 Å². The van der Waals surface area contributed by atoms with Gasteiger partial charge in [0.2, 0.25) is 0 Å². The van der Waals surface area contributed by atoms with Crippen molar-refractivity contribution in [2.45, 2.75) is 83.3 Å². The number of nitrogens with zero attached hydrogens (tertiary/aromatic N) is 2. The normalized spacial score (nSPS) is 22.7. The maximum atomic E-state index is 13.0. The van der Waals surface area contributed by atoms with Gasteiger partial charge in [-0.2, -0.15) is 0 Å². The van der Waals surface area contributed by atoms with E-state index in [1.54, 1.807) is 0 Å². The molecule has 2 fully saturated rings. The number of pyridine rings is 1. The van der Waals surface area contributed by atoms with Crippen molar-refractivity contribution in [2.75, 3.05) is 13.1 Å². The molecule has 3 aromatic rings. The summed E-state index contributed by atoms with van der Waals surface area (Å²) in [6, 6.07) is 7.50. The van der Waals surface area contributed by atoms with E-state index >= 15 is 0 Å². The number of H-pyrrole nitrogens is 1. The molecule has 2 aromatic heterocycles. The van der Waals surface area contributed by atoms with E-state index in [0.29, 0.717) is 11.8 Å². The Hall–Kier alpha value is -2.50. The number of aromatic nitrogens is 2. The molecule has 34 heavy (non-hydrogen) atoms. The lowest BCUT2D eigenvalue weighted by Gasteiger charge is -2.47. The van der Waals surface area contributed by atoms with Crippen molar-refractivity contribution in [2.24, 2.45) is 0 Å². The van der Waals surface area contributed by atoms with Gasteiger partial charge in [0.1, 0.15) is 11.4 Å². The zero-order chi connectivity index (χ0) is 23.3. The molecule has 0 spiro atoms. The number of rotatable bonds is 4. The molecule has 1 unspecified atom stereocenters. The van der Waals surface area contributed by atoms with Gasteiger partial charge in [-0.25, -0.2) is 4.98 Å². The molecule has 0 radical (unpaired) electrons. The minimum Gasteiger partial charge on any atom is -0.346 e. The number of fused-ring (bicyclic) bond motifs is 2. The van der Waals surface area contributed by atoms with Crippen LogP contribution in [0.5, 0.6) is 0 Å². The van der Waals surface area contributed by atoms with Crippen molar-refractivity contribution >= 4 is 16.8 Å². The van der Waals surface area contributed by atoms with Crippen molar-refractivity contribution in [1.82, 2.24) is 20.2 Å². The van der Waals surface area contributed by atoms with Gasteiger partial charge in [0.05, 0.1) is 5.54 Å². The largest absolute Gasteiger partial charge is 0.346 e. The molecule has 1 aromatic carbocycles. The van der Waals surface area contributed by atoms with Crippen LogP contribution in [0.4, 0.5) is 0 Å². The zero-order valence-corrected chi connectivity index (χ0v) is 20.5. The van der Waals surface area contributed by atoms with Gasteiger partial charge in [0, 0.05) is 42.5 Å². The number of hydrogen-bond acceptors (Lipinski definition) is 4. The van der Waals surface area contributed by atoms with Gasteiger partial charge >= 0.3 is 0 Å². The number of benzene rings is 1. The Labute approximate surface area is 202 Å². The van der Waals surface area contributed by atoms with Crippen LogP contribution in [-0.4, -0.2) is 39.3 Å². The summed E-state index contributed by atoms with van der Waals surface area (Å²) in [6.45, 7) is 6.92. The third-order valence-corrected chi connectivity index (χ3v) is 8.83. The molecule has 2 aliphatic heterocycles. The monoisotopic (exact) mass is 456 g/mol. The molecular weight excluding hydrogens is 420 g/mol. The lowest BCUT2D eigenvalue weighted by molar-refractivity contribution is -0.132. The molecule has 178 valence electrons. The second kappa shape index (κ2) is 8.62. The Morgan fingerprint density at radius 1 is 1.12 bits per heavy atom. The number of Topliss-reactive ketones (excluding diaryl/α,β-unsaturated/α-hetero) is 1. The minimum atomic E-state index is -0.254. The summed E-state index contributed by atoms with van der Waals surface area (Å²) in [7, 11) is 0. The summed E-state index contributed by atoms with van der Waals surface area (Å²) in [5, 5.41) is 4.95. The van der Waals surface area contributed by atoms with E-state index in [1.807, 2.05) is 19.3 Å². The molecule has 1 aliphatic carbocycles. The fourth-order valence-corrected chi connectivity index (χ4v) is 6.81. The van der Waals surface area contributed by atoms with Gasteiger partial charge in [0.15, 0.2) is 0 Å². The van der Waals surface area contributed by atoms with Gasteiger partial charge in [-0.15, -0.1) is 0 Å². The highest BCUT2D eigenvalue weighted by Gasteiger charge is 2.43. The van der Waals surface area contributed by atoms with Gasteiger partial charge in [-0.1, -0.05) is 25.3 Å². The highest BCUT2D eigenvalue weighted by Crippen LogP contribution is 2.41. The molecule has 0 bridgehead atoms. The first-order valence-corrected chi connectivity index (χ1v) is 13.1. The van der Waals surface area contributed by atoms with Crippen LogP contribution in [0, 0.1) is 6.92 Å². The van der Waals surface area contributed by atoms with Gasteiger partial charge in [0.25, 0.3) is 0 Å². The van der Waals surface area contributed by atoms with Crippen molar-refractivity contribution in [3.8, 4) is 11.1 Å². The summed E-state index contributed by atoms with van der Waals surface area (Å²) < 4.78 is 0. The van der Waals surface area contributed by atoms with Crippen LogP contribution in [0.3, 0.4) is 0 Å². The van der Waals surface area contributed by atoms with Crippen molar-refractivity contribution in [1.29, 1.82) is 0 Å². The van der Waals surface area contributed by atoms with Crippen LogP contribution in [0.1, 0.15) is 80.2 Å². The highest BCUT2D eigenvalue weighted by atomic mass is 16.1. The van der Waals surface area contributed by atoms with E-state index in [0.717, 1.165) is 44.5 Å². The third kappa shape index (κ3) is 3.61. The lowest BCUT2D eigenvalue weighted by atomic mass is 9.75. The third-order valence-electron chi connectivity index (χ3n) is 8.83. The van der Waals surface area contributed by atoms with Crippen LogP contribution in [-0.2, 0) is 17.8 Å². The number of aryl methyl sites for hydroxylation is 1. The molecule has 3 aliphatic rings. The quantitative estimate of drug-likeness (QED) is 0.535. The van der Waals surface area contributed by atoms with Crippen LogP contribution in [0.2, 0.25) is 0 Å². The number of aromatic amines is 1. The van der Waals surface area contributed by atoms with E-state index in [1.165, 1.54) is 70.9 Å². The number of ketones is 1. The molecular formula is C29H36N4O. The maximum absolute atomic E-state index is 13.0. The van der Waals surface area contributed by atoms with E-state index in [4.69, 9.17) is 4.98 Å². The molecule has 6 rings (SSSR count). The Bertz CT molecular complexity index is 1230. The highest BCUT2D eigenvalue weighted by molar-refractivity contribution is 5.86. The first-order chi connectivity index (χ1) is 16.5. The average Bonchev–Trinajstić information content (AvgIpc) is 3.53. The predicted molar refractivity (Wildman–Crippen MR) is 137 cm³/mol. The Morgan fingerprint density at radius 2 is 1.97 bits per heavy atom. The Morgan fingerprint density at radius 3 is 2.74 bits per heavy atom. The lowest BCUT2D eigenvalue weighted by Crippen LogP contribution is -2.56. The number of carbonyl (C=O) groups is 1. The van der Waals surface area contributed by atoms with E-state index in [-0.39, 0.29) is 5.54 Å². The molecule has 1 atom stereocenters. The fourth-order valence-electron chi connectivity index (χ4n) is 6.81. The summed E-state index contributed by atoms with van der Waals surface area (Å²) in [6.07, 6.45) is 13.1. The predicted octanol–water partition coefficient (Wildman–Crippen LogP) is 5.61. The van der Waals surface area contributed by atoms with Crippen LogP contribution in [0.25, 0.3) is 22.2 Å². The van der Waals surface area contributed by atoms with E-state index in [2.05, 4.69) is 40.3 Å². The fraction of sp³-hybridized carbons (Fsp3) is 0.517. The molecule has 2 N–H and O–H groups in total. The van der Waals surface area contributed by atoms with E-state index in [9.17, 15) is 4.79 Å². The second-order valence-electron chi connectivity index (χ2n) is 10.8. The standard InChI is InChI=1S/C29H36N4O/c1-19-16-31-28-24(19)15-23(17-32-28)22-13-21-8-12-33(29(20(2)34)9-4-3-5-10-29)18-26(21)25(14-22)27-7-6-11-30-27/h13-17,27,30H,3-12,18H2,1-2H3,(H,31,32). The van der Waals surface area contributed by atoms with Crippen LogP contribution in [0.15, 0.2) is 30.6 Å². The van der Waals surface area contributed by atoms with Gasteiger partial charge < -0.3 is 10.3 Å². The number of carbonyl (C=O) groups excluding carboxylic acids is 1. The molecule has 1 saturated heterocycles. The van der Waals surface area contributed by atoms with Gasteiger partial charge in [-0.3, -0.25) is 9.69 Å². The number of hydrogen-bond donors (Lipinski definition) is 2. The molecule has 4 heterocycles. The first-order valence-electron chi connectivity index (χ1n) is 13.1. The smallest absolute Gasteiger partial charge is 0.150 e. The Kier molecular flexibility index (Phi) is 5.57. The number of nitrogens with one attached hydrogen (secondary N) is 2. The summed E-state index contributed by atoms with van der Waals surface area (Å²) in [5.74, 6) is 0.370.